The number of carbonyl (C=O) groups excluding carboxylic acids is 1. The highest BCUT2D eigenvalue weighted by molar-refractivity contribution is 5.77. The molecule has 0 bridgehead atoms. The lowest BCUT2D eigenvalue weighted by atomic mass is 10.1. The molecule has 0 aromatic rings. The van der Waals surface area contributed by atoms with Crippen molar-refractivity contribution in [3.8, 4) is 0 Å². The summed E-state index contributed by atoms with van der Waals surface area (Å²) in [6, 6.07) is 0.475. The standard InChI is InChI=1S/C12H24N2O2/c1-9(2)16-8-12(15)14-6-10(3)11(7-14)13(4)5/h9-11H,6-8H2,1-5H3. The number of rotatable bonds is 4. The fourth-order valence-electron chi connectivity index (χ4n) is 2.15. The van der Waals surface area contributed by atoms with Crippen LogP contribution in [0, 0.1) is 5.92 Å². The smallest absolute Gasteiger partial charge is 0.248 e. The summed E-state index contributed by atoms with van der Waals surface area (Å²) >= 11 is 0. The van der Waals surface area contributed by atoms with Crippen LogP contribution >= 0.6 is 0 Å². The Morgan fingerprint density at radius 3 is 2.50 bits per heavy atom. The zero-order valence-electron chi connectivity index (χ0n) is 11.1. The maximum atomic E-state index is 11.8. The Morgan fingerprint density at radius 2 is 2.06 bits per heavy atom. The van der Waals surface area contributed by atoms with Gasteiger partial charge in [0.15, 0.2) is 0 Å². The van der Waals surface area contributed by atoms with Crippen LogP contribution < -0.4 is 0 Å². The van der Waals surface area contributed by atoms with E-state index in [1.807, 2.05) is 18.7 Å². The maximum absolute atomic E-state index is 11.8. The van der Waals surface area contributed by atoms with Gasteiger partial charge in [-0.25, -0.2) is 0 Å². The van der Waals surface area contributed by atoms with Gasteiger partial charge in [-0.2, -0.15) is 0 Å². The highest BCUT2D eigenvalue weighted by atomic mass is 16.5. The van der Waals surface area contributed by atoms with E-state index in [9.17, 15) is 4.79 Å². The second kappa shape index (κ2) is 5.64. The van der Waals surface area contributed by atoms with Crippen LogP contribution in [0.25, 0.3) is 0 Å². The van der Waals surface area contributed by atoms with Gasteiger partial charge < -0.3 is 14.5 Å². The maximum Gasteiger partial charge on any atom is 0.248 e. The summed E-state index contributed by atoms with van der Waals surface area (Å²) in [6.07, 6.45) is 0.119. The Morgan fingerprint density at radius 1 is 1.44 bits per heavy atom. The number of likely N-dealkylation sites (N-methyl/N-ethyl adjacent to an activating group) is 1. The molecule has 1 heterocycles. The molecule has 1 fully saturated rings. The molecule has 1 saturated heterocycles. The zero-order chi connectivity index (χ0) is 12.3. The molecule has 1 aliphatic rings. The highest BCUT2D eigenvalue weighted by Gasteiger charge is 2.33. The van der Waals surface area contributed by atoms with Gasteiger partial charge >= 0.3 is 0 Å². The van der Waals surface area contributed by atoms with Gasteiger partial charge in [-0.1, -0.05) is 6.92 Å². The molecule has 0 N–H and O–H groups in total. The molecule has 2 atom stereocenters. The van der Waals surface area contributed by atoms with Gasteiger partial charge in [0, 0.05) is 19.1 Å². The Labute approximate surface area is 98.5 Å². The first-order valence-electron chi connectivity index (χ1n) is 5.97. The number of likely N-dealkylation sites (tertiary alicyclic amines) is 1. The summed E-state index contributed by atoms with van der Waals surface area (Å²) in [5.74, 6) is 0.655. The third kappa shape index (κ3) is 3.46. The van der Waals surface area contributed by atoms with Crippen LogP contribution in [0.1, 0.15) is 20.8 Å². The van der Waals surface area contributed by atoms with Crippen molar-refractivity contribution < 1.29 is 9.53 Å². The summed E-state index contributed by atoms with van der Waals surface area (Å²) in [7, 11) is 4.14. The van der Waals surface area contributed by atoms with Crippen LogP contribution in [0.2, 0.25) is 0 Å². The number of hydrogen-bond acceptors (Lipinski definition) is 3. The number of ether oxygens (including phenoxy) is 1. The molecule has 1 aliphatic heterocycles. The molecule has 0 spiro atoms. The first kappa shape index (κ1) is 13.5. The summed E-state index contributed by atoms with van der Waals surface area (Å²) in [4.78, 5) is 16.0. The van der Waals surface area contributed by atoms with E-state index in [-0.39, 0.29) is 18.6 Å². The van der Waals surface area contributed by atoms with Crippen LogP contribution in [0.3, 0.4) is 0 Å². The Bertz CT molecular complexity index is 241. The molecule has 16 heavy (non-hydrogen) atoms. The first-order valence-corrected chi connectivity index (χ1v) is 5.97. The molecule has 2 unspecified atom stereocenters. The van der Waals surface area contributed by atoms with Crippen molar-refractivity contribution in [1.82, 2.24) is 9.80 Å². The van der Waals surface area contributed by atoms with Gasteiger partial charge in [-0.15, -0.1) is 0 Å². The van der Waals surface area contributed by atoms with E-state index in [1.165, 1.54) is 0 Å². The molecule has 4 nitrogen and oxygen atoms in total. The molecule has 0 aromatic carbocycles. The van der Waals surface area contributed by atoms with Gasteiger partial charge in [0.2, 0.25) is 5.91 Å². The van der Waals surface area contributed by atoms with E-state index in [2.05, 4.69) is 25.9 Å². The lowest BCUT2D eigenvalue weighted by Gasteiger charge is -2.22. The van der Waals surface area contributed by atoms with Gasteiger partial charge in [-0.05, 0) is 33.9 Å². The second-order valence-corrected chi connectivity index (χ2v) is 5.17. The van der Waals surface area contributed by atoms with Crippen molar-refractivity contribution in [2.24, 2.45) is 5.92 Å². The molecule has 1 amide bonds. The van der Waals surface area contributed by atoms with E-state index >= 15 is 0 Å². The SMILES string of the molecule is CC(C)OCC(=O)N1CC(C)C(N(C)C)C1. The van der Waals surface area contributed by atoms with Crippen LogP contribution in [0.4, 0.5) is 0 Å². The van der Waals surface area contributed by atoms with Crippen molar-refractivity contribution in [3.05, 3.63) is 0 Å². The van der Waals surface area contributed by atoms with Gasteiger partial charge in [-0.3, -0.25) is 4.79 Å². The molecule has 0 aromatic heterocycles. The van der Waals surface area contributed by atoms with Gasteiger partial charge in [0.25, 0.3) is 0 Å². The Balaban J connectivity index is 2.42. The summed E-state index contributed by atoms with van der Waals surface area (Å²) in [5.41, 5.74) is 0. The normalized spacial score (nSPS) is 25.8. The van der Waals surface area contributed by atoms with Crippen LogP contribution in [0.15, 0.2) is 0 Å². The van der Waals surface area contributed by atoms with Crippen molar-refractivity contribution in [3.63, 3.8) is 0 Å². The quantitative estimate of drug-likeness (QED) is 0.714. The largest absolute Gasteiger partial charge is 0.369 e. The topological polar surface area (TPSA) is 32.8 Å². The molecular formula is C12H24N2O2. The van der Waals surface area contributed by atoms with E-state index in [0.29, 0.717) is 12.0 Å². The molecule has 4 heteroatoms. The second-order valence-electron chi connectivity index (χ2n) is 5.17. The summed E-state index contributed by atoms with van der Waals surface area (Å²) in [5, 5.41) is 0. The molecule has 0 radical (unpaired) electrons. The fraction of sp³-hybridized carbons (Fsp3) is 0.917. The predicted octanol–water partition coefficient (Wildman–Crippen LogP) is 0.820. The minimum atomic E-state index is 0.116. The third-order valence-corrected chi connectivity index (χ3v) is 3.13. The van der Waals surface area contributed by atoms with E-state index < -0.39 is 0 Å². The minimum absolute atomic E-state index is 0.116. The molecule has 1 rings (SSSR count). The average molecular weight is 228 g/mol. The number of hydrogen-bond donors (Lipinski definition) is 0. The zero-order valence-corrected chi connectivity index (χ0v) is 11.1. The van der Waals surface area contributed by atoms with E-state index in [0.717, 1.165) is 13.1 Å². The van der Waals surface area contributed by atoms with Crippen molar-refractivity contribution in [2.45, 2.75) is 32.9 Å². The van der Waals surface area contributed by atoms with Crippen molar-refractivity contribution in [1.29, 1.82) is 0 Å². The van der Waals surface area contributed by atoms with Gasteiger partial charge in [0.05, 0.1) is 6.10 Å². The molecule has 0 aliphatic carbocycles. The molecular weight excluding hydrogens is 204 g/mol. The lowest BCUT2D eigenvalue weighted by Crippen LogP contribution is -2.37. The van der Waals surface area contributed by atoms with Crippen molar-refractivity contribution >= 4 is 5.91 Å². The monoisotopic (exact) mass is 228 g/mol. The Kier molecular flexibility index (Phi) is 4.74. The van der Waals surface area contributed by atoms with E-state index in [4.69, 9.17) is 4.74 Å². The number of amides is 1. The average Bonchev–Trinajstić information content (AvgIpc) is 2.56. The van der Waals surface area contributed by atoms with Crippen LogP contribution in [0.5, 0.6) is 0 Å². The van der Waals surface area contributed by atoms with Crippen LogP contribution in [-0.2, 0) is 9.53 Å². The van der Waals surface area contributed by atoms with Crippen LogP contribution in [-0.4, -0.2) is 61.6 Å². The lowest BCUT2D eigenvalue weighted by molar-refractivity contribution is -0.136. The van der Waals surface area contributed by atoms with Crippen molar-refractivity contribution in [2.75, 3.05) is 33.8 Å². The number of nitrogens with zero attached hydrogens (tertiary/aromatic N) is 2. The van der Waals surface area contributed by atoms with E-state index in [1.54, 1.807) is 0 Å². The highest BCUT2D eigenvalue weighted by Crippen LogP contribution is 2.19. The Hall–Kier alpha value is -0.610. The number of carbonyl (C=O) groups is 1. The predicted molar refractivity (Wildman–Crippen MR) is 64.3 cm³/mol. The summed E-state index contributed by atoms with van der Waals surface area (Å²) < 4.78 is 5.34. The minimum Gasteiger partial charge on any atom is -0.369 e. The van der Waals surface area contributed by atoms with Gasteiger partial charge in [0.1, 0.15) is 6.61 Å². The fourth-order valence-corrected chi connectivity index (χ4v) is 2.15. The summed E-state index contributed by atoms with van der Waals surface area (Å²) in [6.45, 7) is 7.98. The first-order chi connectivity index (χ1) is 7.41. The molecule has 94 valence electrons. The molecule has 0 saturated carbocycles. The third-order valence-electron chi connectivity index (χ3n) is 3.13.